The summed E-state index contributed by atoms with van der Waals surface area (Å²) in [5, 5.41) is 3.45. The summed E-state index contributed by atoms with van der Waals surface area (Å²) >= 11 is 0. The second-order valence-corrected chi connectivity index (χ2v) is 6.54. The van der Waals surface area contributed by atoms with E-state index in [9.17, 15) is 17.6 Å². The number of alkyl halides is 4. The average molecular weight is 384 g/mol. The van der Waals surface area contributed by atoms with Gasteiger partial charge in [-0.25, -0.2) is 18.7 Å². The van der Waals surface area contributed by atoms with E-state index in [2.05, 4.69) is 31.3 Å². The van der Waals surface area contributed by atoms with E-state index in [1.165, 1.54) is 18.5 Å². The van der Waals surface area contributed by atoms with Gasteiger partial charge in [-0.15, -0.1) is 8.78 Å². The monoisotopic (exact) mass is 384 g/mol. The molecule has 0 unspecified atom stereocenters. The molecule has 1 aromatic carbocycles. The summed E-state index contributed by atoms with van der Waals surface area (Å²) in [5.41, 5.74) is 0.718. The minimum atomic E-state index is -3.74. The highest BCUT2D eigenvalue weighted by molar-refractivity contribution is 5.95. The number of halogens is 4. The third-order valence-electron chi connectivity index (χ3n) is 4.47. The zero-order valence-electron chi connectivity index (χ0n) is 14.1. The first-order valence-corrected chi connectivity index (χ1v) is 8.31. The predicted molar refractivity (Wildman–Crippen MR) is 89.1 cm³/mol. The van der Waals surface area contributed by atoms with Crippen molar-refractivity contribution in [3.63, 3.8) is 0 Å². The molecule has 2 aliphatic rings. The molecule has 0 spiro atoms. The second kappa shape index (κ2) is 6.22. The number of anilines is 1. The standard InChI is InChI=1S/C17H16F4N4O2/c1-10(8-25-6-4-16(18,19)5-7-25)24-15-11-2-3-12-14(13(11)22-9-23-15)27-17(20,21)26-12/h2-3,9H,1,4-8H2,(H,22,23,24). The molecule has 3 heterocycles. The summed E-state index contributed by atoms with van der Waals surface area (Å²) in [6.45, 7) is 4.81. The molecule has 6 nitrogen and oxygen atoms in total. The Kier molecular flexibility index (Phi) is 4.10. The molecular weight excluding hydrogens is 368 g/mol. The fourth-order valence-corrected chi connectivity index (χ4v) is 3.15. The molecule has 1 aromatic heterocycles. The van der Waals surface area contributed by atoms with Crippen molar-refractivity contribution in [3.8, 4) is 11.5 Å². The lowest BCUT2D eigenvalue weighted by atomic mass is 10.1. The minimum absolute atomic E-state index is 0.106. The molecule has 0 bridgehead atoms. The maximum atomic E-state index is 13.3. The average Bonchev–Trinajstić information content (AvgIpc) is 2.91. The molecule has 0 aliphatic carbocycles. The fourth-order valence-electron chi connectivity index (χ4n) is 3.15. The summed E-state index contributed by atoms with van der Waals surface area (Å²) in [6, 6.07) is 2.89. The molecule has 4 rings (SSSR count). The summed E-state index contributed by atoms with van der Waals surface area (Å²) in [6.07, 6.45) is -2.91. The van der Waals surface area contributed by atoms with E-state index in [4.69, 9.17) is 0 Å². The number of nitrogens with one attached hydrogen (secondary N) is 1. The van der Waals surface area contributed by atoms with Crippen molar-refractivity contribution in [2.24, 2.45) is 0 Å². The van der Waals surface area contributed by atoms with Gasteiger partial charge in [0, 0.05) is 43.6 Å². The van der Waals surface area contributed by atoms with Gasteiger partial charge in [-0.2, -0.15) is 0 Å². The molecule has 27 heavy (non-hydrogen) atoms. The van der Waals surface area contributed by atoms with Crippen LogP contribution in [0.25, 0.3) is 10.9 Å². The lowest BCUT2D eigenvalue weighted by Gasteiger charge is -2.32. The number of ether oxygens (including phenoxy) is 2. The molecule has 2 aliphatic heterocycles. The van der Waals surface area contributed by atoms with Crippen molar-refractivity contribution in [1.29, 1.82) is 0 Å². The largest absolute Gasteiger partial charge is 0.586 e. The van der Waals surface area contributed by atoms with Crippen LogP contribution in [0.15, 0.2) is 30.7 Å². The Hall–Kier alpha value is -2.62. The quantitative estimate of drug-likeness (QED) is 0.813. The summed E-state index contributed by atoms with van der Waals surface area (Å²) in [7, 11) is 0. The van der Waals surface area contributed by atoms with Gasteiger partial charge in [-0.05, 0) is 12.1 Å². The SMILES string of the molecule is C=C(CN1CCC(F)(F)CC1)Nc1ncnc2c3c(ccc12)OC(F)(F)O3. The number of fused-ring (bicyclic) bond motifs is 3. The number of nitrogens with zero attached hydrogens (tertiary/aromatic N) is 3. The molecule has 0 saturated carbocycles. The van der Waals surface area contributed by atoms with Gasteiger partial charge in [0.2, 0.25) is 0 Å². The van der Waals surface area contributed by atoms with E-state index in [0.29, 0.717) is 23.4 Å². The van der Waals surface area contributed by atoms with Gasteiger partial charge >= 0.3 is 6.29 Å². The van der Waals surface area contributed by atoms with E-state index in [0.717, 1.165) is 0 Å². The normalized spacial score (nSPS) is 20.6. The topological polar surface area (TPSA) is 59.5 Å². The van der Waals surface area contributed by atoms with Gasteiger partial charge in [-0.1, -0.05) is 6.58 Å². The lowest BCUT2D eigenvalue weighted by Crippen LogP contribution is -2.40. The van der Waals surface area contributed by atoms with Crippen LogP contribution in [0.3, 0.4) is 0 Å². The molecule has 0 atom stereocenters. The Balaban J connectivity index is 1.51. The second-order valence-electron chi connectivity index (χ2n) is 6.54. The zero-order valence-corrected chi connectivity index (χ0v) is 14.1. The molecular formula is C17H16F4N4O2. The van der Waals surface area contributed by atoms with Crippen LogP contribution < -0.4 is 14.8 Å². The Morgan fingerprint density at radius 3 is 2.63 bits per heavy atom. The van der Waals surface area contributed by atoms with Crippen LogP contribution in [0.4, 0.5) is 23.4 Å². The smallest absolute Gasteiger partial charge is 0.395 e. The van der Waals surface area contributed by atoms with Crippen LogP contribution in [-0.4, -0.2) is 46.7 Å². The van der Waals surface area contributed by atoms with Crippen molar-refractivity contribution in [2.75, 3.05) is 25.0 Å². The molecule has 1 saturated heterocycles. The van der Waals surface area contributed by atoms with Crippen molar-refractivity contribution >= 4 is 16.7 Å². The van der Waals surface area contributed by atoms with Gasteiger partial charge in [0.05, 0.1) is 0 Å². The number of aromatic nitrogens is 2. The molecule has 10 heteroatoms. The first kappa shape index (κ1) is 17.8. The molecule has 2 aromatic rings. The minimum Gasteiger partial charge on any atom is -0.395 e. The summed E-state index contributed by atoms with van der Waals surface area (Å²) < 4.78 is 62.1. The van der Waals surface area contributed by atoms with E-state index >= 15 is 0 Å². The zero-order chi connectivity index (χ0) is 19.2. The Labute approximate surface area is 151 Å². The van der Waals surface area contributed by atoms with E-state index in [1.54, 1.807) is 0 Å². The highest BCUT2D eigenvalue weighted by atomic mass is 19.3. The van der Waals surface area contributed by atoms with Crippen LogP contribution >= 0.6 is 0 Å². The number of hydrogen-bond donors (Lipinski definition) is 1. The highest BCUT2D eigenvalue weighted by Crippen LogP contribution is 2.45. The molecule has 0 radical (unpaired) electrons. The maximum Gasteiger partial charge on any atom is 0.586 e. The predicted octanol–water partition coefficient (Wildman–Crippen LogP) is 3.61. The molecule has 0 amide bonds. The molecule has 1 N–H and O–H groups in total. The Bertz CT molecular complexity index is 896. The number of rotatable bonds is 4. The van der Waals surface area contributed by atoms with Gasteiger partial charge in [0.1, 0.15) is 17.7 Å². The van der Waals surface area contributed by atoms with Gasteiger partial charge < -0.3 is 14.8 Å². The van der Waals surface area contributed by atoms with E-state index in [1.807, 2.05) is 4.90 Å². The number of hydrogen-bond acceptors (Lipinski definition) is 6. The highest BCUT2D eigenvalue weighted by Gasteiger charge is 2.44. The van der Waals surface area contributed by atoms with Gasteiger partial charge in [0.15, 0.2) is 11.5 Å². The fraction of sp³-hybridized carbons (Fsp3) is 0.412. The first-order chi connectivity index (χ1) is 12.7. The van der Waals surface area contributed by atoms with E-state index in [-0.39, 0.29) is 42.9 Å². The first-order valence-electron chi connectivity index (χ1n) is 8.31. The third-order valence-corrected chi connectivity index (χ3v) is 4.47. The van der Waals surface area contributed by atoms with Crippen LogP contribution in [0, 0.1) is 0 Å². The van der Waals surface area contributed by atoms with Crippen LogP contribution in [0.1, 0.15) is 12.8 Å². The number of benzene rings is 1. The van der Waals surface area contributed by atoms with Crippen molar-refractivity contribution in [1.82, 2.24) is 14.9 Å². The summed E-state index contributed by atoms with van der Waals surface area (Å²) in [4.78, 5) is 9.99. The Morgan fingerprint density at radius 2 is 1.89 bits per heavy atom. The van der Waals surface area contributed by atoms with Crippen molar-refractivity contribution < 1.29 is 27.0 Å². The van der Waals surface area contributed by atoms with Crippen LogP contribution in [-0.2, 0) is 0 Å². The van der Waals surface area contributed by atoms with Gasteiger partial charge in [-0.3, -0.25) is 4.90 Å². The number of likely N-dealkylation sites (tertiary alicyclic amines) is 1. The van der Waals surface area contributed by atoms with Crippen molar-refractivity contribution in [2.45, 2.75) is 25.1 Å². The third kappa shape index (κ3) is 3.61. The van der Waals surface area contributed by atoms with Gasteiger partial charge in [0.25, 0.3) is 5.92 Å². The lowest BCUT2D eigenvalue weighted by molar-refractivity contribution is -0.286. The molecule has 1 fully saturated rings. The summed E-state index contributed by atoms with van der Waals surface area (Å²) in [5.74, 6) is -2.52. The van der Waals surface area contributed by atoms with Crippen LogP contribution in [0.2, 0.25) is 0 Å². The number of piperidine rings is 1. The Morgan fingerprint density at radius 1 is 1.15 bits per heavy atom. The van der Waals surface area contributed by atoms with E-state index < -0.39 is 12.2 Å². The maximum absolute atomic E-state index is 13.3. The van der Waals surface area contributed by atoms with Crippen LogP contribution in [0.5, 0.6) is 11.5 Å². The van der Waals surface area contributed by atoms with Crippen molar-refractivity contribution in [3.05, 3.63) is 30.7 Å². The molecule has 144 valence electrons.